The summed E-state index contributed by atoms with van der Waals surface area (Å²) >= 11 is 6.05. The van der Waals surface area contributed by atoms with Gasteiger partial charge >= 0.3 is 0 Å². The first kappa shape index (κ1) is 20.7. The van der Waals surface area contributed by atoms with Crippen molar-refractivity contribution in [2.45, 2.75) is 19.8 Å². The molecular formula is C20H24ClFN4O. The second-order valence-corrected chi connectivity index (χ2v) is 6.42. The Balaban J connectivity index is 1.71. The largest absolute Gasteiger partial charge is 0.356 e. The lowest BCUT2D eigenvalue weighted by Gasteiger charge is -2.13. The molecular weight excluding hydrogens is 367 g/mol. The molecule has 0 heterocycles. The van der Waals surface area contributed by atoms with Gasteiger partial charge in [-0.05, 0) is 48.7 Å². The normalized spacial score (nSPS) is 11.2. The average Bonchev–Trinajstić information content (AvgIpc) is 2.64. The number of nitrogens with one attached hydrogen (secondary N) is 3. The molecule has 0 bridgehead atoms. The van der Waals surface area contributed by atoms with Gasteiger partial charge in [0.25, 0.3) is 0 Å². The Morgan fingerprint density at radius 1 is 1.15 bits per heavy atom. The molecule has 0 unspecified atom stereocenters. The van der Waals surface area contributed by atoms with Crippen LogP contribution in [0.1, 0.15) is 17.5 Å². The molecule has 2 aromatic rings. The Kier molecular flexibility index (Phi) is 8.07. The van der Waals surface area contributed by atoms with Crippen LogP contribution < -0.4 is 16.0 Å². The standard InChI is InChI=1S/C20H24ClFN4O/c1-14-17(21)7-4-8-18(14)26-19(27)10-12-25-20(23-2)24-11-9-15-5-3-6-16(22)13-15/h3-8,13H,9-12H2,1-2H3,(H,26,27)(H2,23,24,25). The molecule has 2 aromatic carbocycles. The Hall–Kier alpha value is -2.60. The molecule has 2 rings (SSSR count). The topological polar surface area (TPSA) is 65.5 Å². The van der Waals surface area contributed by atoms with Crippen molar-refractivity contribution in [2.75, 3.05) is 25.5 Å². The maximum Gasteiger partial charge on any atom is 0.226 e. The number of anilines is 1. The van der Waals surface area contributed by atoms with Crippen LogP contribution in [0.5, 0.6) is 0 Å². The molecule has 27 heavy (non-hydrogen) atoms. The first-order chi connectivity index (χ1) is 13.0. The summed E-state index contributed by atoms with van der Waals surface area (Å²) in [6.07, 6.45) is 0.962. The monoisotopic (exact) mass is 390 g/mol. The molecule has 0 aromatic heterocycles. The number of nitrogens with zero attached hydrogens (tertiary/aromatic N) is 1. The molecule has 1 amide bonds. The van der Waals surface area contributed by atoms with Crippen LogP contribution in [0.4, 0.5) is 10.1 Å². The van der Waals surface area contributed by atoms with E-state index in [1.807, 2.05) is 19.1 Å². The van der Waals surface area contributed by atoms with Gasteiger partial charge in [0.1, 0.15) is 5.82 Å². The van der Waals surface area contributed by atoms with Crippen LogP contribution in [0, 0.1) is 12.7 Å². The van der Waals surface area contributed by atoms with Crippen molar-refractivity contribution in [3.8, 4) is 0 Å². The van der Waals surface area contributed by atoms with Crippen LogP contribution in [-0.4, -0.2) is 32.0 Å². The first-order valence-corrected chi connectivity index (χ1v) is 9.11. The van der Waals surface area contributed by atoms with Gasteiger partial charge in [-0.25, -0.2) is 4.39 Å². The Bertz CT molecular complexity index is 810. The minimum absolute atomic E-state index is 0.108. The zero-order valence-electron chi connectivity index (χ0n) is 15.5. The van der Waals surface area contributed by atoms with E-state index in [0.29, 0.717) is 36.2 Å². The fraction of sp³-hybridized carbons (Fsp3) is 0.300. The number of carbonyl (C=O) groups is 1. The summed E-state index contributed by atoms with van der Waals surface area (Å²) in [6.45, 7) is 2.91. The van der Waals surface area contributed by atoms with Crippen LogP contribution in [0.3, 0.4) is 0 Å². The number of rotatable bonds is 7. The van der Waals surface area contributed by atoms with Gasteiger partial charge in [-0.1, -0.05) is 29.8 Å². The summed E-state index contributed by atoms with van der Waals surface area (Å²) in [5.41, 5.74) is 2.47. The van der Waals surface area contributed by atoms with Crippen molar-refractivity contribution in [3.05, 3.63) is 64.4 Å². The molecule has 0 spiro atoms. The second-order valence-electron chi connectivity index (χ2n) is 6.02. The van der Waals surface area contributed by atoms with E-state index in [0.717, 1.165) is 11.1 Å². The van der Waals surface area contributed by atoms with Gasteiger partial charge in [-0.3, -0.25) is 9.79 Å². The Morgan fingerprint density at radius 2 is 1.89 bits per heavy atom. The average molecular weight is 391 g/mol. The van der Waals surface area contributed by atoms with E-state index in [2.05, 4.69) is 20.9 Å². The van der Waals surface area contributed by atoms with E-state index in [1.54, 1.807) is 25.2 Å². The highest BCUT2D eigenvalue weighted by molar-refractivity contribution is 6.31. The van der Waals surface area contributed by atoms with E-state index >= 15 is 0 Å². The van der Waals surface area contributed by atoms with E-state index in [9.17, 15) is 9.18 Å². The zero-order valence-corrected chi connectivity index (χ0v) is 16.2. The summed E-state index contributed by atoms with van der Waals surface area (Å²) in [5, 5.41) is 9.71. The number of amides is 1. The molecule has 7 heteroatoms. The summed E-state index contributed by atoms with van der Waals surface area (Å²) < 4.78 is 13.2. The van der Waals surface area contributed by atoms with Crippen LogP contribution in [0.15, 0.2) is 47.5 Å². The molecule has 0 aliphatic rings. The molecule has 5 nitrogen and oxygen atoms in total. The van der Waals surface area contributed by atoms with E-state index < -0.39 is 0 Å². The molecule has 0 fully saturated rings. The Morgan fingerprint density at radius 3 is 2.63 bits per heavy atom. The van der Waals surface area contributed by atoms with Crippen molar-refractivity contribution in [1.82, 2.24) is 10.6 Å². The highest BCUT2D eigenvalue weighted by atomic mass is 35.5. The number of guanidine groups is 1. The maximum absolute atomic E-state index is 13.2. The predicted octanol–water partition coefficient (Wildman–Crippen LogP) is 3.52. The molecule has 0 aliphatic heterocycles. The minimum atomic E-state index is -0.240. The van der Waals surface area contributed by atoms with Crippen LogP contribution in [0.2, 0.25) is 5.02 Å². The van der Waals surface area contributed by atoms with Gasteiger partial charge in [-0.15, -0.1) is 0 Å². The van der Waals surface area contributed by atoms with Gasteiger partial charge in [0.15, 0.2) is 5.96 Å². The maximum atomic E-state index is 13.2. The lowest BCUT2D eigenvalue weighted by atomic mass is 10.1. The molecule has 0 aliphatic carbocycles. The lowest BCUT2D eigenvalue weighted by Crippen LogP contribution is -2.39. The molecule has 0 saturated heterocycles. The number of halogens is 2. The number of hydrogen-bond donors (Lipinski definition) is 3. The molecule has 3 N–H and O–H groups in total. The number of hydrogen-bond acceptors (Lipinski definition) is 2. The summed E-state index contributed by atoms with van der Waals surface area (Å²) in [6, 6.07) is 11.9. The molecule has 0 saturated carbocycles. The first-order valence-electron chi connectivity index (χ1n) is 8.73. The van der Waals surface area contributed by atoms with Gasteiger partial charge in [-0.2, -0.15) is 0 Å². The van der Waals surface area contributed by atoms with Crippen molar-refractivity contribution in [3.63, 3.8) is 0 Å². The summed E-state index contributed by atoms with van der Waals surface area (Å²) in [4.78, 5) is 16.2. The van der Waals surface area contributed by atoms with Crippen molar-refractivity contribution >= 4 is 29.2 Å². The third-order valence-electron chi connectivity index (χ3n) is 4.01. The van der Waals surface area contributed by atoms with Crippen LogP contribution in [-0.2, 0) is 11.2 Å². The Labute approximate surface area is 164 Å². The summed E-state index contributed by atoms with van der Waals surface area (Å²) in [7, 11) is 1.66. The minimum Gasteiger partial charge on any atom is -0.356 e. The number of carbonyl (C=O) groups excluding carboxylic acids is 1. The van der Waals surface area contributed by atoms with Crippen LogP contribution >= 0.6 is 11.6 Å². The second kappa shape index (κ2) is 10.5. The van der Waals surface area contributed by atoms with E-state index in [1.165, 1.54) is 12.1 Å². The van der Waals surface area contributed by atoms with E-state index in [4.69, 9.17) is 11.6 Å². The third kappa shape index (κ3) is 6.90. The SMILES string of the molecule is CN=C(NCCC(=O)Nc1cccc(Cl)c1C)NCCc1cccc(F)c1. The lowest BCUT2D eigenvalue weighted by molar-refractivity contribution is -0.116. The zero-order chi connectivity index (χ0) is 19.6. The van der Waals surface area contributed by atoms with Crippen molar-refractivity contribution in [1.29, 1.82) is 0 Å². The highest BCUT2D eigenvalue weighted by Crippen LogP contribution is 2.22. The quantitative estimate of drug-likeness (QED) is 0.500. The molecule has 0 radical (unpaired) electrons. The van der Waals surface area contributed by atoms with Crippen LogP contribution in [0.25, 0.3) is 0 Å². The fourth-order valence-electron chi connectivity index (χ4n) is 2.49. The van der Waals surface area contributed by atoms with Gasteiger partial charge in [0.05, 0.1) is 0 Å². The van der Waals surface area contributed by atoms with Crippen molar-refractivity contribution < 1.29 is 9.18 Å². The molecule has 0 atom stereocenters. The van der Waals surface area contributed by atoms with E-state index in [-0.39, 0.29) is 18.1 Å². The summed E-state index contributed by atoms with van der Waals surface area (Å²) in [5.74, 6) is 0.247. The number of benzene rings is 2. The predicted molar refractivity (Wildman–Crippen MR) is 109 cm³/mol. The third-order valence-corrected chi connectivity index (χ3v) is 4.41. The molecule has 144 valence electrons. The van der Waals surface area contributed by atoms with Gasteiger partial charge < -0.3 is 16.0 Å². The fourth-order valence-corrected chi connectivity index (χ4v) is 2.66. The number of aliphatic imine (C=N–C) groups is 1. The highest BCUT2D eigenvalue weighted by Gasteiger charge is 2.07. The van der Waals surface area contributed by atoms with Gasteiger partial charge in [0, 0.05) is 37.3 Å². The van der Waals surface area contributed by atoms with Crippen molar-refractivity contribution in [2.24, 2.45) is 4.99 Å². The smallest absolute Gasteiger partial charge is 0.226 e. The van der Waals surface area contributed by atoms with Gasteiger partial charge in [0.2, 0.25) is 5.91 Å².